The summed E-state index contributed by atoms with van der Waals surface area (Å²) in [6.07, 6.45) is 0.657. The van der Waals surface area contributed by atoms with Gasteiger partial charge in [-0.3, -0.25) is 0 Å². The molecule has 0 saturated carbocycles. The summed E-state index contributed by atoms with van der Waals surface area (Å²) in [6, 6.07) is -0.0209. The highest BCUT2D eigenvalue weighted by Gasteiger charge is 2.28. The zero-order valence-electron chi connectivity index (χ0n) is 10.3. The van der Waals surface area contributed by atoms with Crippen molar-refractivity contribution < 1.29 is 8.42 Å². The predicted molar refractivity (Wildman–Crippen MR) is 66.9 cm³/mol. The Labute approximate surface area is 102 Å². The van der Waals surface area contributed by atoms with Crippen LogP contribution >= 0.6 is 0 Å². The Bertz CT molecular complexity index is 540. The van der Waals surface area contributed by atoms with E-state index in [0.29, 0.717) is 12.2 Å². The minimum atomic E-state index is -2.85. The van der Waals surface area contributed by atoms with Crippen LogP contribution < -0.4 is 5.32 Å². The van der Waals surface area contributed by atoms with E-state index in [4.69, 9.17) is 0 Å². The van der Waals surface area contributed by atoms with Gasteiger partial charge in [-0.2, -0.15) is 0 Å². The van der Waals surface area contributed by atoms with Crippen molar-refractivity contribution in [2.24, 2.45) is 0 Å². The molecule has 0 aliphatic carbocycles. The van der Waals surface area contributed by atoms with E-state index < -0.39 is 9.84 Å². The molecule has 2 heterocycles. The van der Waals surface area contributed by atoms with Gasteiger partial charge in [0.25, 0.3) is 0 Å². The summed E-state index contributed by atoms with van der Waals surface area (Å²) >= 11 is 0. The van der Waals surface area contributed by atoms with Gasteiger partial charge in [0.15, 0.2) is 9.84 Å². The molecule has 17 heavy (non-hydrogen) atoms. The van der Waals surface area contributed by atoms with Gasteiger partial charge in [0.2, 0.25) is 0 Å². The van der Waals surface area contributed by atoms with Crippen LogP contribution in [0.2, 0.25) is 0 Å². The van der Waals surface area contributed by atoms with Gasteiger partial charge in [-0.05, 0) is 27.2 Å². The summed E-state index contributed by atoms with van der Waals surface area (Å²) < 4.78 is 22.8. The van der Waals surface area contributed by atoms with Gasteiger partial charge in [0.05, 0.1) is 11.5 Å². The molecule has 0 radical (unpaired) electrons. The third kappa shape index (κ3) is 2.74. The van der Waals surface area contributed by atoms with Crippen molar-refractivity contribution >= 4 is 15.7 Å². The van der Waals surface area contributed by atoms with Crippen molar-refractivity contribution in [2.45, 2.75) is 33.2 Å². The zero-order chi connectivity index (χ0) is 12.6. The molecule has 0 aromatic carbocycles. The normalized spacial score (nSPS) is 22.6. The largest absolute Gasteiger partial charge is 0.366 e. The minimum absolute atomic E-state index is 0.0209. The fourth-order valence-corrected chi connectivity index (χ4v) is 3.68. The first-order valence-corrected chi connectivity index (χ1v) is 7.48. The Morgan fingerprint density at radius 2 is 1.94 bits per heavy atom. The Morgan fingerprint density at radius 3 is 2.53 bits per heavy atom. The highest BCUT2D eigenvalue weighted by molar-refractivity contribution is 7.91. The second-order valence-electron chi connectivity index (χ2n) is 4.57. The van der Waals surface area contributed by atoms with Gasteiger partial charge in [0, 0.05) is 17.3 Å². The van der Waals surface area contributed by atoms with Crippen LogP contribution in [-0.4, -0.2) is 35.9 Å². The molecule has 5 nitrogen and oxygen atoms in total. The summed E-state index contributed by atoms with van der Waals surface area (Å²) in [5.41, 5.74) is 1.92. The molecule has 1 aromatic rings. The number of nitrogens with one attached hydrogen (secondary N) is 1. The molecule has 6 heteroatoms. The molecule has 2 rings (SSSR count). The smallest absolute Gasteiger partial charge is 0.152 e. The molecule has 1 saturated heterocycles. The topological polar surface area (TPSA) is 72.0 Å². The zero-order valence-corrected chi connectivity index (χ0v) is 11.1. The first-order valence-electron chi connectivity index (χ1n) is 5.66. The van der Waals surface area contributed by atoms with Crippen LogP contribution in [0.5, 0.6) is 0 Å². The molecule has 0 unspecified atom stereocenters. The second-order valence-corrected chi connectivity index (χ2v) is 6.80. The van der Waals surface area contributed by atoms with Crippen molar-refractivity contribution in [1.82, 2.24) is 9.97 Å². The Kier molecular flexibility index (Phi) is 3.07. The van der Waals surface area contributed by atoms with E-state index in [2.05, 4.69) is 15.3 Å². The molecule has 94 valence electrons. The van der Waals surface area contributed by atoms with Crippen LogP contribution in [0, 0.1) is 20.8 Å². The number of nitrogens with zero attached hydrogens (tertiary/aromatic N) is 2. The van der Waals surface area contributed by atoms with Crippen LogP contribution in [-0.2, 0) is 9.84 Å². The van der Waals surface area contributed by atoms with Gasteiger partial charge in [-0.25, -0.2) is 18.4 Å². The van der Waals surface area contributed by atoms with Gasteiger partial charge < -0.3 is 5.32 Å². The van der Waals surface area contributed by atoms with Gasteiger partial charge in [-0.15, -0.1) is 0 Å². The standard InChI is InChI=1S/C11H17N3O2S/c1-7-8(2)12-9(3)13-11(7)14-10-4-5-17(15,16)6-10/h10H,4-6H2,1-3H3,(H,12,13,14)/t10-/m0/s1. The minimum Gasteiger partial charge on any atom is -0.366 e. The molecule has 0 spiro atoms. The Morgan fingerprint density at radius 1 is 1.24 bits per heavy atom. The van der Waals surface area contributed by atoms with Crippen LogP contribution in [0.3, 0.4) is 0 Å². The molecule has 1 aromatic heterocycles. The molecule has 0 amide bonds. The van der Waals surface area contributed by atoms with E-state index in [0.717, 1.165) is 17.1 Å². The summed E-state index contributed by atoms with van der Waals surface area (Å²) in [7, 11) is -2.85. The van der Waals surface area contributed by atoms with Crippen LogP contribution in [0.4, 0.5) is 5.82 Å². The van der Waals surface area contributed by atoms with Gasteiger partial charge >= 0.3 is 0 Å². The van der Waals surface area contributed by atoms with Crippen molar-refractivity contribution in [2.75, 3.05) is 16.8 Å². The van der Waals surface area contributed by atoms with Crippen LogP contribution in [0.15, 0.2) is 0 Å². The summed E-state index contributed by atoms with van der Waals surface area (Å²) in [4.78, 5) is 8.60. The maximum atomic E-state index is 11.4. The summed E-state index contributed by atoms with van der Waals surface area (Å²) in [5.74, 6) is 1.94. The van der Waals surface area contributed by atoms with E-state index in [9.17, 15) is 8.42 Å². The van der Waals surface area contributed by atoms with Gasteiger partial charge in [-0.1, -0.05) is 0 Å². The molecule has 1 N–H and O–H groups in total. The lowest BCUT2D eigenvalue weighted by Gasteiger charge is -2.15. The van der Waals surface area contributed by atoms with E-state index in [1.807, 2.05) is 20.8 Å². The fourth-order valence-electron chi connectivity index (χ4n) is 2.01. The number of anilines is 1. The average molecular weight is 255 g/mol. The van der Waals surface area contributed by atoms with Gasteiger partial charge in [0.1, 0.15) is 11.6 Å². The average Bonchev–Trinajstić information content (AvgIpc) is 2.54. The summed E-state index contributed by atoms with van der Waals surface area (Å²) in [5, 5.41) is 3.22. The Balaban J connectivity index is 2.20. The molecule has 1 aliphatic rings. The number of hydrogen-bond donors (Lipinski definition) is 1. The predicted octanol–water partition coefficient (Wildman–Crippen LogP) is 1.00. The van der Waals surface area contributed by atoms with E-state index >= 15 is 0 Å². The van der Waals surface area contributed by atoms with Crippen LogP contribution in [0.25, 0.3) is 0 Å². The molecule has 1 aliphatic heterocycles. The maximum Gasteiger partial charge on any atom is 0.152 e. The third-order valence-corrected chi connectivity index (χ3v) is 4.84. The Hall–Kier alpha value is -1.17. The fraction of sp³-hybridized carbons (Fsp3) is 0.636. The number of aromatic nitrogens is 2. The van der Waals surface area contributed by atoms with E-state index in [1.54, 1.807) is 0 Å². The highest BCUT2D eigenvalue weighted by Crippen LogP contribution is 2.20. The lowest BCUT2D eigenvalue weighted by molar-refractivity contribution is 0.602. The van der Waals surface area contributed by atoms with Crippen molar-refractivity contribution in [3.05, 3.63) is 17.1 Å². The lowest BCUT2D eigenvalue weighted by atomic mass is 10.2. The van der Waals surface area contributed by atoms with Crippen LogP contribution in [0.1, 0.15) is 23.5 Å². The quantitative estimate of drug-likeness (QED) is 0.853. The molecule has 1 atom stereocenters. The first kappa shape index (κ1) is 12.3. The number of rotatable bonds is 2. The number of aryl methyl sites for hydroxylation is 2. The second kappa shape index (κ2) is 4.25. The molecular weight excluding hydrogens is 238 g/mol. The summed E-state index contributed by atoms with van der Waals surface area (Å²) in [6.45, 7) is 5.71. The SMILES string of the molecule is Cc1nc(C)c(C)c(N[C@H]2CCS(=O)(=O)C2)n1. The van der Waals surface area contributed by atoms with E-state index in [-0.39, 0.29) is 17.5 Å². The first-order chi connectivity index (χ1) is 7.87. The molecular formula is C11H17N3O2S. The number of hydrogen-bond acceptors (Lipinski definition) is 5. The van der Waals surface area contributed by atoms with Crippen molar-refractivity contribution in [3.8, 4) is 0 Å². The van der Waals surface area contributed by atoms with E-state index in [1.165, 1.54) is 0 Å². The lowest BCUT2D eigenvalue weighted by Crippen LogP contribution is -2.22. The van der Waals surface area contributed by atoms with Crippen molar-refractivity contribution in [3.63, 3.8) is 0 Å². The molecule has 1 fully saturated rings. The van der Waals surface area contributed by atoms with Crippen molar-refractivity contribution in [1.29, 1.82) is 0 Å². The monoisotopic (exact) mass is 255 g/mol. The maximum absolute atomic E-state index is 11.4. The highest BCUT2D eigenvalue weighted by atomic mass is 32.2. The third-order valence-electron chi connectivity index (χ3n) is 3.07. The number of sulfone groups is 1. The molecule has 0 bridgehead atoms.